The third-order valence-corrected chi connectivity index (χ3v) is 5.45. The third kappa shape index (κ3) is 4.68. The summed E-state index contributed by atoms with van der Waals surface area (Å²) in [6, 6.07) is 9.74. The third-order valence-electron chi connectivity index (χ3n) is 4.39. The molecule has 0 radical (unpaired) electrons. The maximum atomic E-state index is 13.4. The van der Waals surface area contributed by atoms with Crippen molar-refractivity contribution >= 4 is 33.1 Å². The molecule has 0 aliphatic carbocycles. The van der Waals surface area contributed by atoms with Crippen LogP contribution in [0.4, 0.5) is 10.1 Å². The first kappa shape index (κ1) is 19.4. The molecule has 3 rings (SSSR count). The Morgan fingerprint density at radius 3 is 2.81 bits per heavy atom. The van der Waals surface area contributed by atoms with Crippen molar-refractivity contribution in [3.8, 4) is 10.6 Å². The molecule has 1 amide bonds. The standard InChI is InChI=1S/C20H23FN4OS/c1-12-10-13(20-25-17-8-6-14(21)11-18(17)27-20)5-7-16(12)24-19(26)15(23)4-2-3-9-22/h5-8,10-11,15H,2-4,9,22-23H2,1H3,(H,24,26)/t15-/m0/s1. The zero-order valence-corrected chi connectivity index (χ0v) is 16.0. The lowest BCUT2D eigenvalue weighted by Gasteiger charge is -2.14. The molecule has 0 unspecified atom stereocenters. The van der Waals surface area contributed by atoms with E-state index in [0.717, 1.165) is 44.9 Å². The van der Waals surface area contributed by atoms with Gasteiger partial charge in [0.05, 0.1) is 16.3 Å². The van der Waals surface area contributed by atoms with Crippen LogP contribution in [0, 0.1) is 12.7 Å². The van der Waals surface area contributed by atoms with Gasteiger partial charge >= 0.3 is 0 Å². The molecule has 0 aliphatic rings. The number of benzene rings is 2. The molecule has 0 saturated carbocycles. The summed E-state index contributed by atoms with van der Waals surface area (Å²) in [5.74, 6) is -0.465. The Hall–Kier alpha value is -2.35. The van der Waals surface area contributed by atoms with Crippen molar-refractivity contribution in [1.82, 2.24) is 4.98 Å². The van der Waals surface area contributed by atoms with Gasteiger partial charge in [0.2, 0.25) is 5.91 Å². The fourth-order valence-corrected chi connectivity index (χ4v) is 3.81. The first-order valence-corrected chi connectivity index (χ1v) is 9.73. The zero-order valence-electron chi connectivity index (χ0n) is 15.2. The Kier molecular flexibility index (Phi) is 6.15. The second-order valence-electron chi connectivity index (χ2n) is 6.54. The summed E-state index contributed by atoms with van der Waals surface area (Å²) in [6.45, 7) is 2.53. The molecule has 1 heterocycles. The Morgan fingerprint density at radius 2 is 2.07 bits per heavy atom. The van der Waals surface area contributed by atoms with Crippen molar-refractivity contribution in [2.45, 2.75) is 32.2 Å². The van der Waals surface area contributed by atoms with E-state index >= 15 is 0 Å². The highest BCUT2D eigenvalue weighted by Crippen LogP contribution is 2.32. The number of unbranched alkanes of at least 4 members (excludes halogenated alkanes) is 1. The van der Waals surface area contributed by atoms with Crippen LogP contribution in [0.5, 0.6) is 0 Å². The van der Waals surface area contributed by atoms with E-state index in [9.17, 15) is 9.18 Å². The quantitative estimate of drug-likeness (QED) is 0.538. The maximum Gasteiger partial charge on any atom is 0.241 e. The van der Waals surface area contributed by atoms with E-state index in [4.69, 9.17) is 11.5 Å². The number of nitrogens with one attached hydrogen (secondary N) is 1. The summed E-state index contributed by atoms with van der Waals surface area (Å²) in [4.78, 5) is 16.8. The van der Waals surface area contributed by atoms with E-state index in [1.165, 1.54) is 23.5 Å². The highest BCUT2D eigenvalue weighted by molar-refractivity contribution is 7.21. The van der Waals surface area contributed by atoms with Crippen molar-refractivity contribution < 1.29 is 9.18 Å². The fourth-order valence-electron chi connectivity index (χ4n) is 2.82. The van der Waals surface area contributed by atoms with E-state index in [-0.39, 0.29) is 11.7 Å². The predicted molar refractivity (Wildman–Crippen MR) is 109 cm³/mol. The minimum atomic E-state index is -0.546. The normalized spacial score (nSPS) is 12.3. The predicted octanol–water partition coefficient (Wildman–Crippen LogP) is 3.81. The van der Waals surface area contributed by atoms with Gasteiger partial charge in [-0.2, -0.15) is 0 Å². The summed E-state index contributed by atoms with van der Waals surface area (Å²) < 4.78 is 14.2. The molecule has 0 saturated heterocycles. The number of fused-ring (bicyclic) bond motifs is 1. The number of nitrogens with zero attached hydrogens (tertiary/aromatic N) is 1. The summed E-state index contributed by atoms with van der Waals surface area (Å²) in [6.07, 6.45) is 2.31. The van der Waals surface area contributed by atoms with Gasteiger partial charge in [0.25, 0.3) is 0 Å². The molecule has 142 valence electrons. The van der Waals surface area contributed by atoms with Gasteiger partial charge in [-0.25, -0.2) is 9.37 Å². The van der Waals surface area contributed by atoms with Crippen molar-refractivity contribution in [2.75, 3.05) is 11.9 Å². The van der Waals surface area contributed by atoms with Gasteiger partial charge in [-0.05, 0) is 68.3 Å². The average Bonchev–Trinajstić information content (AvgIpc) is 3.06. The molecule has 27 heavy (non-hydrogen) atoms. The summed E-state index contributed by atoms with van der Waals surface area (Å²) >= 11 is 1.44. The number of hydrogen-bond donors (Lipinski definition) is 3. The Labute approximate surface area is 161 Å². The second kappa shape index (κ2) is 8.56. The topological polar surface area (TPSA) is 94.0 Å². The lowest BCUT2D eigenvalue weighted by atomic mass is 10.1. The van der Waals surface area contributed by atoms with Gasteiger partial charge in [-0.3, -0.25) is 4.79 Å². The molecular formula is C20H23FN4OS. The first-order chi connectivity index (χ1) is 13.0. The second-order valence-corrected chi connectivity index (χ2v) is 7.57. The Bertz CT molecular complexity index is 956. The van der Waals surface area contributed by atoms with Crippen LogP contribution < -0.4 is 16.8 Å². The minimum Gasteiger partial charge on any atom is -0.330 e. The van der Waals surface area contributed by atoms with E-state index in [1.54, 1.807) is 6.07 Å². The number of thiazole rings is 1. The van der Waals surface area contributed by atoms with Gasteiger partial charge in [-0.15, -0.1) is 11.3 Å². The number of nitrogens with two attached hydrogens (primary N) is 2. The Morgan fingerprint density at radius 1 is 1.26 bits per heavy atom. The Balaban J connectivity index is 1.74. The number of anilines is 1. The smallest absolute Gasteiger partial charge is 0.241 e. The zero-order chi connectivity index (χ0) is 19.4. The summed E-state index contributed by atoms with van der Waals surface area (Å²) in [5, 5.41) is 3.70. The van der Waals surface area contributed by atoms with E-state index in [1.807, 2.05) is 25.1 Å². The molecule has 0 spiro atoms. The van der Waals surface area contributed by atoms with Crippen molar-refractivity contribution in [1.29, 1.82) is 0 Å². The molecule has 7 heteroatoms. The van der Waals surface area contributed by atoms with E-state index in [2.05, 4.69) is 10.3 Å². The van der Waals surface area contributed by atoms with Crippen LogP contribution in [-0.4, -0.2) is 23.5 Å². The number of amides is 1. The highest BCUT2D eigenvalue weighted by Gasteiger charge is 2.15. The molecule has 0 aliphatic heterocycles. The lowest BCUT2D eigenvalue weighted by Crippen LogP contribution is -2.35. The van der Waals surface area contributed by atoms with Crippen LogP contribution in [0.1, 0.15) is 24.8 Å². The molecule has 5 nitrogen and oxygen atoms in total. The maximum absolute atomic E-state index is 13.4. The monoisotopic (exact) mass is 386 g/mol. The number of halogens is 1. The average molecular weight is 386 g/mol. The van der Waals surface area contributed by atoms with Gasteiger partial charge in [0.1, 0.15) is 10.8 Å². The van der Waals surface area contributed by atoms with E-state index < -0.39 is 6.04 Å². The first-order valence-electron chi connectivity index (χ1n) is 8.91. The largest absolute Gasteiger partial charge is 0.330 e. The van der Waals surface area contributed by atoms with Crippen LogP contribution in [0.25, 0.3) is 20.8 Å². The molecular weight excluding hydrogens is 363 g/mol. The molecule has 5 N–H and O–H groups in total. The molecule has 1 aromatic heterocycles. The molecule has 0 fully saturated rings. The highest BCUT2D eigenvalue weighted by atomic mass is 32.1. The lowest BCUT2D eigenvalue weighted by molar-refractivity contribution is -0.117. The minimum absolute atomic E-state index is 0.196. The van der Waals surface area contributed by atoms with Crippen molar-refractivity contribution in [2.24, 2.45) is 11.5 Å². The van der Waals surface area contributed by atoms with Crippen LogP contribution in [-0.2, 0) is 4.79 Å². The molecule has 3 aromatic rings. The van der Waals surface area contributed by atoms with Crippen LogP contribution in [0.2, 0.25) is 0 Å². The fraction of sp³-hybridized carbons (Fsp3) is 0.300. The number of aryl methyl sites for hydroxylation is 1. The molecule has 1 atom stereocenters. The summed E-state index contributed by atoms with van der Waals surface area (Å²) in [7, 11) is 0. The van der Waals surface area contributed by atoms with Gasteiger partial charge < -0.3 is 16.8 Å². The van der Waals surface area contributed by atoms with E-state index in [0.29, 0.717) is 13.0 Å². The number of rotatable bonds is 7. The molecule has 2 aromatic carbocycles. The summed E-state index contributed by atoms with van der Waals surface area (Å²) in [5.41, 5.74) is 14.8. The van der Waals surface area contributed by atoms with Gasteiger partial charge in [0.15, 0.2) is 0 Å². The SMILES string of the molecule is Cc1cc(-c2nc3ccc(F)cc3s2)ccc1NC(=O)[C@@H](N)CCCCN. The number of carbonyl (C=O) groups is 1. The molecule has 0 bridgehead atoms. The van der Waals surface area contributed by atoms with Crippen LogP contribution in [0.15, 0.2) is 36.4 Å². The number of carbonyl (C=O) groups excluding carboxylic acids is 1. The van der Waals surface area contributed by atoms with Crippen molar-refractivity contribution in [3.63, 3.8) is 0 Å². The van der Waals surface area contributed by atoms with Crippen LogP contribution in [0.3, 0.4) is 0 Å². The van der Waals surface area contributed by atoms with Crippen LogP contribution >= 0.6 is 11.3 Å². The number of aromatic nitrogens is 1. The van der Waals surface area contributed by atoms with Crippen molar-refractivity contribution in [3.05, 3.63) is 47.8 Å². The van der Waals surface area contributed by atoms with Gasteiger partial charge in [-0.1, -0.05) is 6.42 Å². The van der Waals surface area contributed by atoms with Gasteiger partial charge in [0, 0.05) is 11.3 Å². The number of hydrogen-bond acceptors (Lipinski definition) is 5.